The highest BCUT2D eigenvalue weighted by Gasteiger charge is 2.29. The lowest BCUT2D eigenvalue weighted by atomic mass is 9.78. The van der Waals surface area contributed by atoms with Gasteiger partial charge in [-0.1, -0.05) is 59.2 Å². The molecule has 1 aromatic carbocycles. The molecule has 0 aliphatic heterocycles. The first-order valence-corrected chi connectivity index (χ1v) is 8.66. The minimum Gasteiger partial charge on any atom is -0.426 e. The molecule has 0 aliphatic rings. The second-order valence-electron chi connectivity index (χ2n) is 7.58. The van der Waals surface area contributed by atoms with Gasteiger partial charge in [0.05, 0.1) is 13.2 Å². The summed E-state index contributed by atoms with van der Waals surface area (Å²) < 4.78 is 10.9. The third-order valence-electron chi connectivity index (χ3n) is 3.31. The predicted octanol–water partition coefficient (Wildman–Crippen LogP) is 4.20. The van der Waals surface area contributed by atoms with Gasteiger partial charge in [0, 0.05) is 11.1 Å². The molecule has 0 saturated heterocycles. The van der Waals surface area contributed by atoms with Crippen molar-refractivity contribution in [2.45, 2.75) is 59.3 Å². The van der Waals surface area contributed by atoms with E-state index < -0.39 is 8.60 Å². The molecule has 0 amide bonds. The molecule has 0 radical (unpaired) electrons. The van der Waals surface area contributed by atoms with Crippen molar-refractivity contribution < 1.29 is 19.0 Å². The molecule has 1 aromatic rings. The largest absolute Gasteiger partial charge is 0.426 e. The third-order valence-corrected chi connectivity index (χ3v) is 4.05. The van der Waals surface area contributed by atoms with Crippen LogP contribution in [0.15, 0.2) is 12.1 Å². The maximum Gasteiger partial charge on any atom is 0.394 e. The summed E-state index contributed by atoms with van der Waals surface area (Å²) in [6, 6.07) is 4.19. The van der Waals surface area contributed by atoms with E-state index >= 15 is 0 Å². The second-order valence-corrected chi connectivity index (χ2v) is 8.49. The lowest BCUT2D eigenvalue weighted by Gasteiger charge is -2.30. The van der Waals surface area contributed by atoms with Gasteiger partial charge in [-0.3, -0.25) is 0 Å². The van der Waals surface area contributed by atoms with Crippen LogP contribution in [0, 0.1) is 6.92 Å². The molecular weight excluding hydrogens is 299 g/mol. The van der Waals surface area contributed by atoms with Gasteiger partial charge in [-0.15, -0.1) is 0 Å². The van der Waals surface area contributed by atoms with Gasteiger partial charge in [-0.05, 0) is 17.8 Å². The lowest BCUT2D eigenvalue weighted by Crippen LogP contribution is -2.19. The Bertz CT molecular complexity index is 465. The molecule has 22 heavy (non-hydrogen) atoms. The van der Waals surface area contributed by atoms with E-state index in [2.05, 4.69) is 60.6 Å². The molecule has 2 N–H and O–H groups in total. The van der Waals surface area contributed by atoms with Gasteiger partial charge in [0.1, 0.15) is 5.75 Å². The van der Waals surface area contributed by atoms with E-state index in [4.69, 9.17) is 14.2 Å². The summed E-state index contributed by atoms with van der Waals surface area (Å²) in [5, 5.41) is 8.80. The molecule has 1 unspecified atom stereocenters. The van der Waals surface area contributed by atoms with Crippen LogP contribution in [0.3, 0.4) is 0 Å². The average molecular weight is 328 g/mol. The number of benzene rings is 1. The Kier molecular flexibility index (Phi) is 6.40. The molecule has 0 saturated carbocycles. The van der Waals surface area contributed by atoms with Gasteiger partial charge in [0.25, 0.3) is 0 Å². The second kappa shape index (κ2) is 7.27. The van der Waals surface area contributed by atoms with Gasteiger partial charge < -0.3 is 19.0 Å². The van der Waals surface area contributed by atoms with Gasteiger partial charge >= 0.3 is 8.60 Å². The predicted molar refractivity (Wildman–Crippen MR) is 91.4 cm³/mol. The SMILES string of the molecule is Cc1cc(C(C)(C)C)c(OP(O)OCCO)c(C(C)(C)C)c1. The Morgan fingerprint density at radius 2 is 1.45 bits per heavy atom. The molecule has 1 rings (SSSR count). The third kappa shape index (κ3) is 5.20. The van der Waals surface area contributed by atoms with E-state index in [1.54, 1.807) is 0 Å². The molecule has 0 heterocycles. The lowest BCUT2D eigenvalue weighted by molar-refractivity contribution is 0.183. The minimum absolute atomic E-state index is 0.0593. The maximum absolute atomic E-state index is 9.99. The quantitative estimate of drug-likeness (QED) is 0.796. The maximum atomic E-state index is 9.99. The number of rotatable bonds is 5. The summed E-state index contributed by atoms with van der Waals surface area (Å²) >= 11 is 0. The number of aryl methyl sites for hydroxylation is 1. The molecule has 0 fully saturated rings. The van der Waals surface area contributed by atoms with E-state index in [0.29, 0.717) is 5.75 Å². The molecule has 126 valence electrons. The van der Waals surface area contributed by atoms with Gasteiger partial charge in [0.2, 0.25) is 0 Å². The van der Waals surface area contributed by atoms with E-state index in [1.807, 2.05) is 0 Å². The topological polar surface area (TPSA) is 58.9 Å². The van der Waals surface area contributed by atoms with Crippen LogP contribution in [-0.4, -0.2) is 23.2 Å². The number of aliphatic hydroxyl groups is 1. The zero-order valence-electron chi connectivity index (χ0n) is 14.7. The van der Waals surface area contributed by atoms with Crippen molar-refractivity contribution in [1.82, 2.24) is 0 Å². The van der Waals surface area contributed by atoms with Gasteiger partial charge in [0.15, 0.2) is 0 Å². The molecular formula is C17H29O4P. The van der Waals surface area contributed by atoms with Crippen LogP contribution in [0.4, 0.5) is 0 Å². The Morgan fingerprint density at radius 1 is 1.00 bits per heavy atom. The fourth-order valence-electron chi connectivity index (χ4n) is 2.21. The number of hydrogen-bond donors (Lipinski definition) is 2. The summed E-state index contributed by atoms with van der Waals surface area (Å²) in [4.78, 5) is 9.99. The van der Waals surface area contributed by atoms with Crippen molar-refractivity contribution in [3.8, 4) is 5.75 Å². The van der Waals surface area contributed by atoms with Crippen LogP contribution in [0.2, 0.25) is 0 Å². The summed E-state index contributed by atoms with van der Waals surface area (Å²) in [6.07, 6.45) is 0. The molecule has 0 spiro atoms. The summed E-state index contributed by atoms with van der Waals surface area (Å²) in [5.74, 6) is 0.692. The van der Waals surface area contributed by atoms with Crippen LogP contribution in [-0.2, 0) is 15.4 Å². The monoisotopic (exact) mass is 328 g/mol. The zero-order chi connectivity index (χ0) is 17.1. The van der Waals surface area contributed by atoms with E-state index in [9.17, 15) is 4.89 Å². The molecule has 0 aliphatic carbocycles. The highest BCUT2D eigenvalue weighted by Crippen LogP contribution is 2.46. The van der Waals surface area contributed by atoms with Crippen LogP contribution in [0.5, 0.6) is 5.75 Å². The molecule has 5 heteroatoms. The number of hydrogen-bond acceptors (Lipinski definition) is 4. The Morgan fingerprint density at radius 3 is 1.82 bits per heavy atom. The summed E-state index contributed by atoms with van der Waals surface area (Å²) in [6.45, 7) is 14.7. The van der Waals surface area contributed by atoms with Crippen LogP contribution < -0.4 is 4.52 Å². The zero-order valence-corrected chi connectivity index (χ0v) is 15.6. The molecule has 1 atom stereocenters. The molecule has 0 aromatic heterocycles. The Balaban J connectivity index is 3.36. The number of aliphatic hydroxyl groups excluding tert-OH is 1. The summed E-state index contributed by atoms with van der Waals surface area (Å²) in [5.41, 5.74) is 3.03. The van der Waals surface area contributed by atoms with Crippen molar-refractivity contribution in [1.29, 1.82) is 0 Å². The van der Waals surface area contributed by atoms with Gasteiger partial charge in [-0.25, -0.2) is 0 Å². The smallest absolute Gasteiger partial charge is 0.394 e. The van der Waals surface area contributed by atoms with Crippen molar-refractivity contribution in [3.63, 3.8) is 0 Å². The van der Waals surface area contributed by atoms with E-state index in [-0.39, 0.29) is 24.0 Å². The highest BCUT2D eigenvalue weighted by atomic mass is 31.2. The van der Waals surface area contributed by atoms with Gasteiger partial charge in [-0.2, -0.15) is 0 Å². The Labute approximate surface area is 135 Å². The fourth-order valence-corrected chi connectivity index (χ4v) is 2.85. The van der Waals surface area contributed by atoms with Crippen molar-refractivity contribution in [3.05, 3.63) is 28.8 Å². The Hall–Kier alpha value is -0.670. The molecule has 0 bridgehead atoms. The first-order chi connectivity index (χ1) is 9.96. The average Bonchev–Trinajstić information content (AvgIpc) is 2.35. The van der Waals surface area contributed by atoms with Crippen molar-refractivity contribution >= 4 is 8.60 Å². The van der Waals surface area contributed by atoms with Crippen LogP contribution in [0.25, 0.3) is 0 Å². The first kappa shape index (κ1) is 19.4. The van der Waals surface area contributed by atoms with E-state index in [0.717, 1.165) is 11.1 Å². The van der Waals surface area contributed by atoms with Crippen molar-refractivity contribution in [2.24, 2.45) is 0 Å². The van der Waals surface area contributed by atoms with Crippen molar-refractivity contribution in [2.75, 3.05) is 13.2 Å². The standard InChI is InChI=1S/C17H29O4P/c1-12-10-13(16(2,3)4)15(14(11-12)17(5,6)7)21-22(19)20-9-8-18/h10-11,18-19H,8-9H2,1-7H3. The highest BCUT2D eigenvalue weighted by molar-refractivity contribution is 7.41. The van der Waals surface area contributed by atoms with Crippen LogP contribution >= 0.6 is 8.60 Å². The summed E-state index contributed by atoms with van der Waals surface area (Å²) in [7, 11) is -2.06. The van der Waals surface area contributed by atoms with Crippen LogP contribution in [0.1, 0.15) is 58.2 Å². The minimum atomic E-state index is -2.06. The normalized spacial score (nSPS) is 14.0. The fraction of sp³-hybridized carbons (Fsp3) is 0.647. The van der Waals surface area contributed by atoms with E-state index in [1.165, 1.54) is 5.56 Å². The molecule has 4 nitrogen and oxygen atoms in total. The first-order valence-electron chi connectivity index (χ1n) is 7.53.